The second-order valence-corrected chi connectivity index (χ2v) is 5.21. The molecule has 1 unspecified atom stereocenters. The van der Waals surface area contributed by atoms with Crippen molar-refractivity contribution in [1.29, 1.82) is 0 Å². The second-order valence-electron chi connectivity index (χ2n) is 4.35. The fourth-order valence-corrected chi connectivity index (χ4v) is 2.60. The van der Waals surface area contributed by atoms with Gasteiger partial charge in [0.05, 0.1) is 11.6 Å². The lowest BCUT2D eigenvalue weighted by Gasteiger charge is -2.10. The lowest BCUT2D eigenvalue weighted by atomic mass is 9.99. The van der Waals surface area contributed by atoms with E-state index in [4.69, 9.17) is 10.3 Å². The molecule has 0 radical (unpaired) electrons. The molecular formula is C12H14N4O3S. The molecule has 2 amide bonds. The Kier molecular flexibility index (Phi) is 3.84. The Labute approximate surface area is 119 Å². The Bertz CT molecular complexity index is 642. The summed E-state index contributed by atoms with van der Waals surface area (Å²) < 4.78 is 5.05. The number of nitrogens with one attached hydrogen (secondary N) is 1. The van der Waals surface area contributed by atoms with Crippen molar-refractivity contribution in [2.45, 2.75) is 26.7 Å². The molecule has 2 aromatic heterocycles. The molecule has 2 heterocycles. The first-order valence-corrected chi connectivity index (χ1v) is 6.77. The third-order valence-electron chi connectivity index (χ3n) is 2.90. The van der Waals surface area contributed by atoms with Crippen LogP contribution in [0.3, 0.4) is 0 Å². The average molecular weight is 294 g/mol. The Morgan fingerprint density at radius 1 is 1.45 bits per heavy atom. The number of aromatic nitrogens is 2. The highest BCUT2D eigenvalue weighted by molar-refractivity contribution is 7.14. The third kappa shape index (κ3) is 2.69. The number of rotatable bonds is 4. The minimum absolute atomic E-state index is 0.135. The van der Waals surface area contributed by atoms with E-state index in [1.54, 1.807) is 20.8 Å². The molecule has 0 saturated heterocycles. The molecule has 7 nitrogen and oxygen atoms in total. The highest BCUT2D eigenvalue weighted by atomic mass is 32.1. The lowest BCUT2D eigenvalue weighted by Crippen LogP contribution is -2.20. The van der Waals surface area contributed by atoms with Crippen molar-refractivity contribution in [3.63, 3.8) is 0 Å². The molecule has 106 valence electrons. The molecule has 3 N–H and O–H groups in total. The second kappa shape index (κ2) is 5.41. The van der Waals surface area contributed by atoms with Gasteiger partial charge in [0.15, 0.2) is 5.13 Å². The monoisotopic (exact) mass is 294 g/mol. The van der Waals surface area contributed by atoms with E-state index in [0.29, 0.717) is 16.6 Å². The zero-order chi connectivity index (χ0) is 14.9. The van der Waals surface area contributed by atoms with Crippen molar-refractivity contribution in [2.75, 3.05) is 5.32 Å². The van der Waals surface area contributed by atoms with E-state index in [0.717, 1.165) is 16.9 Å². The Morgan fingerprint density at radius 2 is 2.15 bits per heavy atom. The van der Waals surface area contributed by atoms with Crippen molar-refractivity contribution < 1.29 is 14.1 Å². The van der Waals surface area contributed by atoms with Crippen LogP contribution in [-0.4, -0.2) is 22.0 Å². The maximum absolute atomic E-state index is 12.2. The first-order chi connectivity index (χ1) is 9.40. The maximum Gasteiger partial charge on any atom is 0.268 e. The van der Waals surface area contributed by atoms with Crippen molar-refractivity contribution in [1.82, 2.24) is 10.1 Å². The molecule has 2 aromatic rings. The van der Waals surface area contributed by atoms with Crippen LogP contribution in [0.1, 0.15) is 40.3 Å². The molecule has 20 heavy (non-hydrogen) atoms. The zero-order valence-corrected chi connectivity index (χ0v) is 12.1. The van der Waals surface area contributed by atoms with Gasteiger partial charge < -0.3 is 15.6 Å². The number of amides is 2. The SMILES string of the molecule is Cc1noc(C)c1C(C)C(=O)Nc1nc(C(N)=O)cs1. The summed E-state index contributed by atoms with van der Waals surface area (Å²) in [6.07, 6.45) is 0. The van der Waals surface area contributed by atoms with E-state index < -0.39 is 11.8 Å². The van der Waals surface area contributed by atoms with E-state index in [2.05, 4.69) is 15.5 Å². The van der Waals surface area contributed by atoms with Gasteiger partial charge in [-0.2, -0.15) is 0 Å². The summed E-state index contributed by atoms with van der Waals surface area (Å²) in [5.41, 5.74) is 6.68. The molecule has 0 aliphatic rings. The molecule has 0 saturated carbocycles. The molecule has 2 rings (SSSR count). The molecule has 0 aliphatic heterocycles. The number of hydrogen-bond acceptors (Lipinski definition) is 6. The number of nitrogens with zero attached hydrogens (tertiary/aromatic N) is 2. The van der Waals surface area contributed by atoms with E-state index in [1.807, 2.05) is 0 Å². The van der Waals surface area contributed by atoms with Gasteiger partial charge in [-0.1, -0.05) is 5.16 Å². The van der Waals surface area contributed by atoms with E-state index in [1.165, 1.54) is 5.38 Å². The summed E-state index contributed by atoms with van der Waals surface area (Å²) in [6.45, 7) is 5.29. The van der Waals surface area contributed by atoms with Gasteiger partial charge in [-0.15, -0.1) is 11.3 Å². The molecule has 0 fully saturated rings. The normalized spacial score (nSPS) is 12.2. The maximum atomic E-state index is 12.2. The van der Waals surface area contributed by atoms with E-state index in [-0.39, 0.29) is 11.6 Å². The number of anilines is 1. The first kappa shape index (κ1) is 14.2. The highest BCUT2D eigenvalue weighted by Crippen LogP contribution is 2.25. The van der Waals surface area contributed by atoms with Crippen LogP contribution in [0.5, 0.6) is 0 Å². The van der Waals surface area contributed by atoms with Crippen LogP contribution >= 0.6 is 11.3 Å². The first-order valence-electron chi connectivity index (χ1n) is 5.89. The number of aryl methyl sites for hydroxylation is 2. The number of carbonyl (C=O) groups is 2. The van der Waals surface area contributed by atoms with E-state index >= 15 is 0 Å². The van der Waals surface area contributed by atoms with Crippen molar-refractivity contribution in [3.05, 3.63) is 28.1 Å². The van der Waals surface area contributed by atoms with Crippen molar-refractivity contribution >= 4 is 28.3 Å². The lowest BCUT2D eigenvalue weighted by molar-refractivity contribution is -0.117. The van der Waals surface area contributed by atoms with Crippen LogP contribution in [0.2, 0.25) is 0 Å². The van der Waals surface area contributed by atoms with Gasteiger partial charge in [-0.3, -0.25) is 9.59 Å². The van der Waals surface area contributed by atoms with Crippen LogP contribution in [0.4, 0.5) is 5.13 Å². The smallest absolute Gasteiger partial charge is 0.268 e. The highest BCUT2D eigenvalue weighted by Gasteiger charge is 2.23. The molecular weight excluding hydrogens is 280 g/mol. The Hall–Kier alpha value is -2.22. The number of primary amides is 1. The van der Waals surface area contributed by atoms with Crippen LogP contribution in [0.25, 0.3) is 0 Å². The van der Waals surface area contributed by atoms with Crippen LogP contribution in [-0.2, 0) is 4.79 Å². The van der Waals surface area contributed by atoms with Gasteiger partial charge in [-0.25, -0.2) is 4.98 Å². The van der Waals surface area contributed by atoms with E-state index in [9.17, 15) is 9.59 Å². The summed E-state index contributed by atoms with van der Waals surface area (Å²) >= 11 is 1.15. The zero-order valence-electron chi connectivity index (χ0n) is 11.3. The summed E-state index contributed by atoms with van der Waals surface area (Å²) in [7, 11) is 0. The van der Waals surface area contributed by atoms with Gasteiger partial charge in [0, 0.05) is 10.9 Å². The van der Waals surface area contributed by atoms with Crippen LogP contribution in [0, 0.1) is 13.8 Å². The summed E-state index contributed by atoms with van der Waals surface area (Å²) in [4.78, 5) is 27.0. The average Bonchev–Trinajstić information content (AvgIpc) is 2.96. The van der Waals surface area contributed by atoms with Crippen LogP contribution < -0.4 is 11.1 Å². The molecule has 0 aromatic carbocycles. The third-order valence-corrected chi connectivity index (χ3v) is 3.66. The predicted octanol–water partition coefficient (Wildman–Crippen LogP) is 1.59. The fourth-order valence-electron chi connectivity index (χ4n) is 1.90. The molecule has 0 aliphatic carbocycles. The molecule has 0 bridgehead atoms. The van der Waals surface area contributed by atoms with Gasteiger partial charge in [0.2, 0.25) is 5.91 Å². The van der Waals surface area contributed by atoms with Crippen molar-refractivity contribution in [2.24, 2.45) is 5.73 Å². The molecule has 0 spiro atoms. The minimum atomic E-state index is -0.625. The van der Waals surface area contributed by atoms with Crippen molar-refractivity contribution in [3.8, 4) is 0 Å². The van der Waals surface area contributed by atoms with Gasteiger partial charge >= 0.3 is 0 Å². The number of carbonyl (C=O) groups excluding carboxylic acids is 2. The largest absolute Gasteiger partial charge is 0.364 e. The Balaban J connectivity index is 2.13. The van der Waals surface area contributed by atoms with Crippen LogP contribution in [0.15, 0.2) is 9.90 Å². The topological polar surface area (TPSA) is 111 Å². The molecule has 8 heteroatoms. The number of thiazole rings is 1. The predicted molar refractivity (Wildman–Crippen MR) is 73.7 cm³/mol. The number of nitrogens with two attached hydrogens (primary N) is 1. The summed E-state index contributed by atoms with van der Waals surface area (Å²) in [5, 5.41) is 8.31. The summed E-state index contributed by atoms with van der Waals surface area (Å²) in [5.74, 6) is -0.686. The van der Waals surface area contributed by atoms with Gasteiger partial charge in [-0.05, 0) is 20.8 Å². The fraction of sp³-hybridized carbons (Fsp3) is 0.333. The van der Waals surface area contributed by atoms with Gasteiger partial charge in [0.1, 0.15) is 11.5 Å². The van der Waals surface area contributed by atoms with Gasteiger partial charge in [0.25, 0.3) is 5.91 Å². The Morgan fingerprint density at radius 3 is 2.65 bits per heavy atom. The minimum Gasteiger partial charge on any atom is -0.364 e. The quantitative estimate of drug-likeness (QED) is 0.889. The number of hydrogen-bond donors (Lipinski definition) is 2. The standard InChI is InChI=1S/C12H14N4O3S/c1-5(9-6(2)16-19-7(9)3)11(18)15-12-14-8(4-20-12)10(13)17/h4-5H,1-3H3,(H2,13,17)(H,14,15,18). The summed E-state index contributed by atoms with van der Waals surface area (Å²) in [6, 6.07) is 0. The molecule has 1 atom stereocenters.